The van der Waals surface area contributed by atoms with Crippen LogP contribution in [0.2, 0.25) is 0 Å². The predicted molar refractivity (Wildman–Crippen MR) is 102 cm³/mol. The van der Waals surface area contributed by atoms with E-state index in [4.69, 9.17) is 4.74 Å². The predicted octanol–water partition coefficient (Wildman–Crippen LogP) is 2.91. The van der Waals surface area contributed by atoms with Crippen LogP contribution in [-0.4, -0.2) is 28.0 Å². The summed E-state index contributed by atoms with van der Waals surface area (Å²) in [5.74, 6) is -0.639. The van der Waals surface area contributed by atoms with Crippen LogP contribution in [0.25, 0.3) is 0 Å². The van der Waals surface area contributed by atoms with Gasteiger partial charge in [0.1, 0.15) is 11.1 Å². The number of carbonyl (C=O) groups is 3. The average Bonchev–Trinajstić information content (AvgIpc) is 3.06. The van der Waals surface area contributed by atoms with E-state index >= 15 is 0 Å². The Morgan fingerprint density at radius 1 is 1.07 bits per heavy atom. The summed E-state index contributed by atoms with van der Waals surface area (Å²) in [6, 6.07) is 15.6. The molecule has 27 heavy (non-hydrogen) atoms. The molecule has 0 radical (unpaired) electrons. The minimum absolute atomic E-state index is 0.264. The van der Waals surface area contributed by atoms with Crippen molar-refractivity contribution in [3.8, 4) is 5.75 Å². The molecule has 7 nitrogen and oxygen atoms in total. The highest BCUT2D eigenvalue weighted by molar-refractivity contribution is 8.14. The van der Waals surface area contributed by atoms with Gasteiger partial charge in [0.05, 0.1) is 5.56 Å². The van der Waals surface area contributed by atoms with Gasteiger partial charge in [0.2, 0.25) is 11.8 Å². The fourth-order valence-corrected chi connectivity index (χ4v) is 3.58. The summed E-state index contributed by atoms with van der Waals surface area (Å²) < 4.78 is 5.43. The lowest BCUT2D eigenvalue weighted by molar-refractivity contribution is -0.129. The number of esters is 1. The van der Waals surface area contributed by atoms with E-state index in [0.29, 0.717) is 16.5 Å². The van der Waals surface area contributed by atoms with Crippen molar-refractivity contribution in [2.45, 2.75) is 19.2 Å². The number of amides is 2. The van der Waals surface area contributed by atoms with Crippen molar-refractivity contribution in [2.75, 3.05) is 0 Å². The first-order chi connectivity index (χ1) is 12.9. The molecule has 0 saturated carbocycles. The zero-order valence-corrected chi connectivity index (χ0v) is 15.5. The quantitative estimate of drug-likeness (QED) is 0.650. The molecule has 0 aromatic heterocycles. The van der Waals surface area contributed by atoms with Crippen molar-refractivity contribution in [1.29, 1.82) is 0 Å². The van der Waals surface area contributed by atoms with Gasteiger partial charge in [-0.2, -0.15) is 0 Å². The van der Waals surface area contributed by atoms with Gasteiger partial charge in [0, 0.05) is 13.8 Å². The van der Waals surface area contributed by atoms with Crippen LogP contribution in [0.1, 0.15) is 35.1 Å². The first-order valence-electron chi connectivity index (χ1n) is 8.14. The first kappa shape index (κ1) is 18.7. The Bertz CT molecular complexity index is 914. The van der Waals surface area contributed by atoms with Crippen molar-refractivity contribution < 1.29 is 19.1 Å². The summed E-state index contributed by atoms with van der Waals surface area (Å²) in [4.78, 5) is 35.4. The number of hydrogen-bond acceptors (Lipinski definition) is 6. The number of nitrogens with zero attached hydrogens (tertiary/aromatic N) is 2. The molecule has 2 amide bonds. The van der Waals surface area contributed by atoms with E-state index in [9.17, 15) is 14.4 Å². The van der Waals surface area contributed by atoms with E-state index in [1.54, 1.807) is 48.5 Å². The second-order valence-corrected chi connectivity index (χ2v) is 6.82. The molecule has 138 valence electrons. The van der Waals surface area contributed by atoms with Crippen molar-refractivity contribution in [1.82, 2.24) is 10.3 Å². The molecular weight excluding hydrogens is 366 g/mol. The number of carbonyl (C=O) groups excluding carboxylic acids is 3. The topological polar surface area (TPSA) is 88.1 Å². The SMILES string of the molecule is CC(=O)NC1=NN(C(C)=O)[C@H](c2cccc(OC(=O)c3ccccc3)c2)S1. The van der Waals surface area contributed by atoms with Crippen LogP contribution in [0.3, 0.4) is 0 Å². The lowest BCUT2D eigenvalue weighted by Crippen LogP contribution is -2.25. The number of thioether (sulfide) groups is 1. The summed E-state index contributed by atoms with van der Waals surface area (Å²) in [5, 5.41) is 7.91. The normalized spacial score (nSPS) is 15.9. The van der Waals surface area contributed by atoms with E-state index in [1.165, 1.54) is 30.6 Å². The third kappa shape index (κ3) is 4.53. The Labute approximate surface area is 160 Å². The second kappa shape index (κ2) is 8.05. The summed E-state index contributed by atoms with van der Waals surface area (Å²) >= 11 is 1.24. The monoisotopic (exact) mass is 383 g/mol. The molecule has 8 heteroatoms. The lowest BCUT2D eigenvalue weighted by atomic mass is 10.2. The standard InChI is InChI=1S/C19H17N3O4S/c1-12(23)20-19-21-22(13(2)24)17(27-19)15-9-6-10-16(11-15)26-18(25)14-7-4-3-5-8-14/h3-11,17H,1-2H3,(H,20,21,23)/t17-/m0/s1. The van der Waals surface area contributed by atoms with Gasteiger partial charge in [-0.1, -0.05) is 42.1 Å². The molecule has 1 N–H and O–H groups in total. The minimum atomic E-state index is -0.467. The molecule has 0 saturated heterocycles. The molecule has 3 rings (SSSR count). The maximum atomic E-state index is 12.2. The zero-order chi connectivity index (χ0) is 19.4. The van der Waals surface area contributed by atoms with Gasteiger partial charge in [-0.3, -0.25) is 9.59 Å². The molecule has 1 aliphatic rings. The van der Waals surface area contributed by atoms with Crippen LogP contribution < -0.4 is 10.1 Å². The molecule has 0 bridgehead atoms. The van der Waals surface area contributed by atoms with Crippen LogP contribution in [0.4, 0.5) is 0 Å². The van der Waals surface area contributed by atoms with Crippen LogP contribution >= 0.6 is 11.8 Å². The largest absolute Gasteiger partial charge is 0.423 e. The van der Waals surface area contributed by atoms with Gasteiger partial charge < -0.3 is 10.1 Å². The molecule has 2 aromatic carbocycles. The number of benzene rings is 2. The van der Waals surface area contributed by atoms with Crippen molar-refractivity contribution in [3.05, 3.63) is 65.7 Å². The van der Waals surface area contributed by atoms with E-state index in [0.717, 1.165) is 5.56 Å². The highest BCUT2D eigenvalue weighted by Gasteiger charge is 2.32. The molecule has 1 atom stereocenters. The van der Waals surface area contributed by atoms with E-state index in [1.807, 2.05) is 6.07 Å². The fourth-order valence-electron chi connectivity index (χ4n) is 2.45. The second-order valence-electron chi connectivity index (χ2n) is 5.75. The summed E-state index contributed by atoms with van der Waals surface area (Å²) in [6.45, 7) is 2.77. The minimum Gasteiger partial charge on any atom is -0.423 e. The van der Waals surface area contributed by atoms with Gasteiger partial charge in [-0.15, -0.1) is 5.10 Å². The van der Waals surface area contributed by atoms with Gasteiger partial charge >= 0.3 is 5.97 Å². The maximum absolute atomic E-state index is 12.2. The Morgan fingerprint density at radius 3 is 2.48 bits per heavy atom. The van der Waals surface area contributed by atoms with E-state index < -0.39 is 11.3 Å². The van der Waals surface area contributed by atoms with Crippen molar-refractivity contribution in [3.63, 3.8) is 0 Å². The Kier molecular flexibility index (Phi) is 5.56. The molecule has 0 spiro atoms. The zero-order valence-electron chi connectivity index (χ0n) is 14.7. The Morgan fingerprint density at radius 2 is 1.81 bits per heavy atom. The molecule has 0 fully saturated rings. The number of nitrogens with one attached hydrogen (secondary N) is 1. The van der Waals surface area contributed by atoms with Gasteiger partial charge in [-0.25, -0.2) is 9.80 Å². The van der Waals surface area contributed by atoms with Gasteiger partial charge in [0.15, 0.2) is 5.17 Å². The number of hydrogen-bond donors (Lipinski definition) is 1. The first-order valence-corrected chi connectivity index (χ1v) is 9.02. The van der Waals surface area contributed by atoms with Gasteiger partial charge in [0.25, 0.3) is 0 Å². The summed E-state index contributed by atoms with van der Waals surface area (Å²) in [6.07, 6.45) is 0. The molecule has 0 aliphatic carbocycles. The van der Waals surface area contributed by atoms with Crippen LogP contribution in [0.5, 0.6) is 5.75 Å². The van der Waals surface area contributed by atoms with Crippen LogP contribution in [0, 0.1) is 0 Å². The molecule has 0 unspecified atom stereocenters. The number of ether oxygens (including phenoxy) is 1. The highest BCUT2D eigenvalue weighted by atomic mass is 32.2. The van der Waals surface area contributed by atoms with Crippen molar-refractivity contribution in [2.24, 2.45) is 5.10 Å². The molecule has 1 aliphatic heterocycles. The third-order valence-corrected chi connectivity index (χ3v) is 4.71. The summed E-state index contributed by atoms with van der Waals surface area (Å²) in [5.41, 5.74) is 1.16. The number of amidine groups is 1. The van der Waals surface area contributed by atoms with Crippen LogP contribution in [0.15, 0.2) is 59.7 Å². The highest BCUT2D eigenvalue weighted by Crippen LogP contribution is 2.39. The Balaban J connectivity index is 1.79. The third-order valence-electron chi connectivity index (χ3n) is 3.61. The van der Waals surface area contributed by atoms with E-state index in [-0.39, 0.29) is 11.8 Å². The smallest absolute Gasteiger partial charge is 0.343 e. The maximum Gasteiger partial charge on any atom is 0.343 e. The number of rotatable bonds is 3. The fraction of sp³-hybridized carbons (Fsp3) is 0.158. The van der Waals surface area contributed by atoms with Gasteiger partial charge in [-0.05, 0) is 29.8 Å². The molecule has 2 aromatic rings. The molecule has 1 heterocycles. The Hall–Kier alpha value is -3.13. The number of hydrazone groups is 1. The lowest BCUT2D eigenvalue weighted by Gasteiger charge is -2.19. The summed E-state index contributed by atoms with van der Waals surface area (Å²) in [7, 11) is 0. The van der Waals surface area contributed by atoms with Crippen LogP contribution in [-0.2, 0) is 9.59 Å². The average molecular weight is 383 g/mol. The van der Waals surface area contributed by atoms with Crippen molar-refractivity contribution >= 4 is 34.7 Å². The van der Waals surface area contributed by atoms with E-state index in [2.05, 4.69) is 10.4 Å². The molecular formula is C19H17N3O4S.